The SMILES string of the molecule is CC(NC(=O)c1cccs1)C(=O)[O-]. The summed E-state index contributed by atoms with van der Waals surface area (Å²) < 4.78 is 0. The summed E-state index contributed by atoms with van der Waals surface area (Å²) in [6, 6.07) is 2.39. The van der Waals surface area contributed by atoms with E-state index in [4.69, 9.17) is 0 Å². The van der Waals surface area contributed by atoms with Crippen LogP contribution in [0.15, 0.2) is 17.5 Å². The minimum absolute atomic E-state index is 0.383. The van der Waals surface area contributed by atoms with E-state index in [0.717, 1.165) is 0 Å². The van der Waals surface area contributed by atoms with Gasteiger partial charge < -0.3 is 15.2 Å². The molecule has 0 aliphatic heterocycles. The summed E-state index contributed by atoms with van der Waals surface area (Å²) in [7, 11) is 0. The molecule has 1 aromatic heterocycles. The summed E-state index contributed by atoms with van der Waals surface area (Å²) >= 11 is 1.26. The standard InChI is InChI=1S/C8H9NO3S/c1-5(8(11)12)9-7(10)6-3-2-4-13-6/h2-5H,1H3,(H,9,10)(H,11,12)/p-1. The lowest BCUT2D eigenvalue weighted by molar-refractivity contribution is -0.307. The topological polar surface area (TPSA) is 69.2 Å². The molecule has 0 saturated carbocycles. The van der Waals surface area contributed by atoms with Gasteiger partial charge >= 0.3 is 0 Å². The molecule has 1 unspecified atom stereocenters. The van der Waals surface area contributed by atoms with Crippen LogP contribution in [0.2, 0.25) is 0 Å². The molecule has 4 nitrogen and oxygen atoms in total. The van der Waals surface area contributed by atoms with Crippen molar-refractivity contribution in [2.75, 3.05) is 0 Å². The zero-order valence-electron chi connectivity index (χ0n) is 6.94. The van der Waals surface area contributed by atoms with Gasteiger partial charge in [-0.3, -0.25) is 4.79 Å². The van der Waals surface area contributed by atoms with Crippen molar-refractivity contribution in [2.24, 2.45) is 0 Å². The number of hydrogen-bond donors (Lipinski definition) is 1. The lowest BCUT2D eigenvalue weighted by Crippen LogP contribution is -2.45. The number of carbonyl (C=O) groups excluding carboxylic acids is 2. The normalized spacial score (nSPS) is 12.1. The number of carboxylic acids is 1. The summed E-state index contributed by atoms with van der Waals surface area (Å²) in [5.74, 6) is -1.67. The van der Waals surface area contributed by atoms with E-state index in [1.54, 1.807) is 17.5 Å². The van der Waals surface area contributed by atoms with E-state index >= 15 is 0 Å². The highest BCUT2D eigenvalue weighted by molar-refractivity contribution is 7.12. The molecular weight excluding hydrogens is 190 g/mol. The van der Waals surface area contributed by atoms with Crippen molar-refractivity contribution < 1.29 is 14.7 Å². The molecule has 0 bridgehead atoms. The third-order valence-corrected chi connectivity index (χ3v) is 2.31. The molecule has 1 atom stereocenters. The Morgan fingerprint density at radius 2 is 2.31 bits per heavy atom. The van der Waals surface area contributed by atoms with Crippen molar-refractivity contribution in [3.8, 4) is 0 Å². The molecule has 1 rings (SSSR count). The number of amides is 1. The van der Waals surface area contributed by atoms with E-state index < -0.39 is 12.0 Å². The summed E-state index contributed by atoms with van der Waals surface area (Å²) in [6.45, 7) is 1.36. The number of nitrogens with one attached hydrogen (secondary N) is 1. The Kier molecular flexibility index (Phi) is 3.02. The third kappa shape index (κ3) is 2.55. The quantitative estimate of drug-likeness (QED) is 0.719. The van der Waals surface area contributed by atoms with Gasteiger partial charge in [0.15, 0.2) is 0 Å². The zero-order valence-corrected chi connectivity index (χ0v) is 7.76. The molecule has 0 radical (unpaired) electrons. The highest BCUT2D eigenvalue weighted by Gasteiger charge is 2.10. The maximum Gasteiger partial charge on any atom is 0.261 e. The summed E-state index contributed by atoms with van der Waals surface area (Å²) in [4.78, 5) is 22.0. The first-order chi connectivity index (χ1) is 6.11. The Hall–Kier alpha value is -1.36. The average Bonchev–Trinajstić information content (AvgIpc) is 2.55. The van der Waals surface area contributed by atoms with Crippen LogP contribution in [0.3, 0.4) is 0 Å². The minimum Gasteiger partial charge on any atom is -0.548 e. The molecule has 13 heavy (non-hydrogen) atoms. The molecule has 0 aliphatic rings. The highest BCUT2D eigenvalue weighted by Crippen LogP contribution is 2.07. The van der Waals surface area contributed by atoms with Crippen LogP contribution in [0, 0.1) is 0 Å². The lowest BCUT2D eigenvalue weighted by Gasteiger charge is -2.13. The van der Waals surface area contributed by atoms with E-state index in [1.165, 1.54) is 18.3 Å². The van der Waals surface area contributed by atoms with Crippen LogP contribution in [-0.2, 0) is 4.79 Å². The van der Waals surface area contributed by atoms with Crippen molar-refractivity contribution in [1.82, 2.24) is 5.32 Å². The van der Waals surface area contributed by atoms with Crippen LogP contribution in [0.5, 0.6) is 0 Å². The highest BCUT2D eigenvalue weighted by atomic mass is 32.1. The second-order valence-electron chi connectivity index (χ2n) is 2.49. The van der Waals surface area contributed by atoms with Crippen molar-refractivity contribution in [1.29, 1.82) is 0 Å². The molecule has 1 N–H and O–H groups in total. The lowest BCUT2D eigenvalue weighted by atomic mass is 10.3. The van der Waals surface area contributed by atoms with E-state index in [9.17, 15) is 14.7 Å². The molecule has 70 valence electrons. The van der Waals surface area contributed by atoms with Crippen LogP contribution in [0.4, 0.5) is 0 Å². The number of carboxylic acid groups (broad SMARTS) is 1. The Labute approximate surface area is 79.2 Å². The summed E-state index contributed by atoms with van der Waals surface area (Å²) in [5.41, 5.74) is 0. The van der Waals surface area contributed by atoms with Gasteiger partial charge in [-0.1, -0.05) is 6.07 Å². The first-order valence-electron chi connectivity index (χ1n) is 3.66. The predicted molar refractivity (Wildman–Crippen MR) is 46.3 cm³/mol. The number of carbonyl (C=O) groups is 2. The smallest absolute Gasteiger partial charge is 0.261 e. The molecular formula is C8H8NO3S-. The van der Waals surface area contributed by atoms with Gasteiger partial charge in [-0.05, 0) is 18.4 Å². The van der Waals surface area contributed by atoms with Crippen molar-refractivity contribution in [2.45, 2.75) is 13.0 Å². The number of hydrogen-bond acceptors (Lipinski definition) is 4. The van der Waals surface area contributed by atoms with Crippen molar-refractivity contribution in [3.05, 3.63) is 22.4 Å². The number of aliphatic carboxylic acids is 1. The zero-order chi connectivity index (χ0) is 9.84. The molecule has 5 heteroatoms. The Morgan fingerprint density at radius 3 is 2.77 bits per heavy atom. The maximum atomic E-state index is 11.2. The molecule has 1 amide bonds. The summed E-state index contributed by atoms with van der Waals surface area (Å²) in [6.07, 6.45) is 0. The van der Waals surface area contributed by atoms with Crippen LogP contribution < -0.4 is 10.4 Å². The van der Waals surface area contributed by atoms with Gasteiger partial charge in [0.1, 0.15) is 0 Å². The predicted octanol–water partition coefficient (Wildman–Crippen LogP) is -0.384. The molecule has 0 aromatic carbocycles. The van der Waals surface area contributed by atoms with Crippen LogP contribution in [-0.4, -0.2) is 17.9 Å². The van der Waals surface area contributed by atoms with E-state index in [2.05, 4.69) is 5.32 Å². The Morgan fingerprint density at radius 1 is 1.62 bits per heavy atom. The van der Waals surface area contributed by atoms with Gasteiger partial charge in [0.05, 0.1) is 16.9 Å². The van der Waals surface area contributed by atoms with Crippen molar-refractivity contribution in [3.63, 3.8) is 0 Å². The summed E-state index contributed by atoms with van der Waals surface area (Å²) in [5, 5.41) is 14.3. The first-order valence-corrected chi connectivity index (χ1v) is 4.54. The largest absolute Gasteiger partial charge is 0.548 e. The molecule has 0 saturated heterocycles. The molecule has 0 fully saturated rings. The van der Waals surface area contributed by atoms with Gasteiger partial charge in [-0.15, -0.1) is 11.3 Å². The van der Waals surface area contributed by atoms with Crippen LogP contribution in [0.1, 0.15) is 16.6 Å². The fourth-order valence-corrected chi connectivity index (χ4v) is 1.36. The van der Waals surface area contributed by atoms with Crippen LogP contribution >= 0.6 is 11.3 Å². The Bertz CT molecular complexity index is 307. The monoisotopic (exact) mass is 198 g/mol. The van der Waals surface area contributed by atoms with Gasteiger partial charge in [0.2, 0.25) is 0 Å². The van der Waals surface area contributed by atoms with Gasteiger partial charge in [-0.25, -0.2) is 0 Å². The third-order valence-electron chi connectivity index (χ3n) is 1.45. The number of thiophene rings is 1. The first kappa shape index (κ1) is 9.73. The number of rotatable bonds is 3. The van der Waals surface area contributed by atoms with Gasteiger partial charge in [0, 0.05) is 0 Å². The minimum atomic E-state index is -1.29. The van der Waals surface area contributed by atoms with E-state index in [-0.39, 0.29) is 5.91 Å². The van der Waals surface area contributed by atoms with Gasteiger partial charge in [-0.2, -0.15) is 0 Å². The second-order valence-corrected chi connectivity index (χ2v) is 3.44. The van der Waals surface area contributed by atoms with E-state index in [1.807, 2.05) is 0 Å². The fourth-order valence-electron chi connectivity index (χ4n) is 0.734. The molecule has 1 heterocycles. The molecule has 0 spiro atoms. The molecule has 1 aromatic rings. The fraction of sp³-hybridized carbons (Fsp3) is 0.250. The van der Waals surface area contributed by atoms with Crippen LogP contribution in [0.25, 0.3) is 0 Å². The second kappa shape index (κ2) is 4.04. The van der Waals surface area contributed by atoms with Crippen molar-refractivity contribution >= 4 is 23.2 Å². The average molecular weight is 198 g/mol. The Balaban J connectivity index is 2.56. The maximum absolute atomic E-state index is 11.2. The van der Waals surface area contributed by atoms with Gasteiger partial charge in [0.25, 0.3) is 5.91 Å². The van der Waals surface area contributed by atoms with E-state index in [0.29, 0.717) is 4.88 Å². The molecule has 0 aliphatic carbocycles.